The molecule has 0 atom stereocenters. The van der Waals surface area contributed by atoms with E-state index in [-0.39, 0.29) is 23.9 Å². The van der Waals surface area contributed by atoms with E-state index < -0.39 is 0 Å². The summed E-state index contributed by atoms with van der Waals surface area (Å²) in [6.07, 6.45) is 3.12. The fraction of sp³-hybridized carbons (Fsp3) is 0.533. The number of benzene rings is 1. The van der Waals surface area contributed by atoms with E-state index in [1.54, 1.807) is 6.07 Å². The van der Waals surface area contributed by atoms with Crippen molar-refractivity contribution in [1.29, 1.82) is 0 Å². The van der Waals surface area contributed by atoms with Crippen LogP contribution in [0.4, 0.5) is 15.8 Å². The number of aryl methyl sites for hydroxylation is 1. The third-order valence-corrected chi connectivity index (χ3v) is 3.95. The topological polar surface area (TPSA) is 50.4 Å². The lowest BCUT2D eigenvalue weighted by molar-refractivity contribution is -0.116. The van der Waals surface area contributed by atoms with Gasteiger partial charge in [-0.05, 0) is 43.9 Å². The molecule has 5 heteroatoms. The number of amides is 1. The van der Waals surface area contributed by atoms with E-state index in [2.05, 4.69) is 10.6 Å². The van der Waals surface area contributed by atoms with E-state index >= 15 is 0 Å². The lowest BCUT2D eigenvalue weighted by Gasteiger charge is -2.36. The summed E-state index contributed by atoms with van der Waals surface area (Å²) in [5.41, 5.74) is 2.06. The molecule has 0 radical (unpaired) electrons. The van der Waals surface area contributed by atoms with Crippen LogP contribution in [-0.2, 0) is 16.0 Å². The first-order chi connectivity index (χ1) is 9.65. The Balaban J connectivity index is 1.68. The molecule has 108 valence electrons. The Hall–Kier alpha value is -1.62. The smallest absolute Gasteiger partial charge is 0.224 e. The van der Waals surface area contributed by atoms with Gasteiger partial charge in [0.25, 0.3) is 0 Å². The molecule has 1 aromatic carbocycles. The van der Waals surface area contributed by atoms with Gasteiger partial charge in [0.2, 0.25) is 5.91 Å². The van der Waals surface area contributed by atoms with Crippen LogP contribution in [0.2, 0.25) is 0 Å². The quantitative estimate of drug-likeness (QED) is 0.890. The Morgan fingerprint density at radius 2 is 2.20 bits per heavy atom. The van der Waals surface area contributed by atoms with Crippen molar-refractivity contribution in [1.82, 2.24) is 0 Å². The third kappa shape index (κ3) is 2.63. The van der Waals surface area contributed by atoms with Crippen molar-refractivity contribution in [3.05, 3.63) is 23.5 Å². The van der Waals surface area contributed by atoms with Gasteiger partial charge in [-0.1, -0.05) is 0 Å². The van der Waals surface area contributed by atoms with Gasteiger partial charge in [0, 0.05) is 24.8 Å². The first kappa shape index (κ1) is 13.4. The van der Waals surface area contributed by atoms with Crippen LogP contribution in [0.1, 0.15) is 31.7 Å². The van der Waals surface area contributed by atoms with Crippen LogP contribution in [0.5, 0.6) is 0 Å². The number of carbonyl (C=O) groups excluding carboxylic acids is 1. The zero-order chi connectivity index (χ0) is 14.1. The van der Waals surface area contributed by atoms with Crippen molar-refractivity contribution in [3.8, 4) is 0 Å². The molecule has 1 aromatic rings. The first-order valence-electron chi connectivity index (χ1n) is 7.16. The maximum absolute atomic E-state index is 14.0. The average Bonchev–Trinajstić information content (AvgIpc) is 2.37. The second-order valence-electron chi connectivity index (χ2n) is 5.43. The number of ether oxygens (including phenoxy) is 1. The van der Waals surface area contributed by atoms with Crippen LogP contribution in [0.3, 0.4) is 0 Å². The van der Waals surface area contributed by atoms with Crippen LogP contribution in [0.15, 0.2) is 12.1 Å². The highest BCUT2D eigenvalue weighted by atomic mass is 19.1. The molecule has 0 unspecified atom stereocenters. The molecule has 0 spiro atoms. The van der Waals surface area contributed by atoms with Gasteiger partial charge >= 0.3 is 0 Å². The Kier molecular flexibility index (Phi) is 3.61. The number of hydrogen-bond donors (Lipinski definition) is 2. The summed E-state index contributed by atoms with van der Waals surface area (Å²) < 4.78 is 19.5. The molecular weight excluding hydrogens is 259 g/mol. The molecule has 1 amide bonds. The minimum Gasteiger partial charge on any atom is -0.380 e. The van der Waals surface area contributed by atoms with E-state index in [4.69, 9.17) is 4.74 Å². The summed E-state index contributed by atoms with van der Waals surface area (Å²) in [5, 5.41) is 5.99. The Morgan fingerprint density at radius 3 is 2.95 bits per heavy atom. The van der Waals surface area contributed by atoms with Gasteiger partial charge in [-0.15, -0.1) is 0 Å². The number of fused-ring (bicyclic) bond motifs is 1. The molecule has 1 aliphatic heterocycles. The second-order valence-corrected chi connectivity index (χ2v) is 5.43. The van der Waals surface area contributed by atoms with Crippen molar-refractivity contribution in [2.45, 2.75) is 44.8 Å². The molecule has 0 bridgehead atoms. The molecule has 2 N–H and O–H groups in total. The number of nitrogens with one attached hydrogen (secondary N) is 2. The van der Waals surface area contributed by atoms with Crippen LogP contribution in [0.25, 0.3) is 0 Å². The molecule has 0 aromatic heterocycles. The van der Waals surface area contributed by atoms with Gasteiger partial charge in [-0.2, -0.15) is 0 Å². The SMILES string of the molecule is CCOC1CC(Nc2cc3c(cc2F)CCC(=O)N3)C1. The van der Waals surface area contributed by atoms with Gasteiger partial charge in [0.1, 0.15) is 5.82 Å². The molecule has 2 aliphatic rings. The predicted octanol–water partition coefficient (Wildman–Crippen LogP) is 2.69. The zero-order valence-electron chi connectivity index (χ0n) is 11.5. The van der Waals surface area contributed by atoms with Crippen molar-refractivity contribution in [3.63, 3.8) is 0 Å². The van der Waals surface area contributed by atoms with E-state index in [9.17, 15) is 9.18 Å². The fourth-order valence-corrected chi connectivity index (χ4v) is 2.78. The average molecular weight is 278 g/mol. The number of carbonyl (C=O) groups is 1. The Morgan fingerprint density at radius 1 is 1.40 bits per heavy atom. The van der Waals surface area contributed by atoms with Crippen LogP contribution in [0, 0.1) is 5.82 Å². The number of hydrogen-bond acceptors (Lipinski definition) is 3. The number of halogens is 1. The second kappa shape index (κ2) is 5.40. The van der Waals surface area contributed by atoms with Crippen molar-refractivity contribution >= 4 is 17.3 Å². The van der Waals surface area contributed by atoms with Gasteiger partial charge in [0.05, 0.1) is 11.8 Å². The fourth-order valence-electron chi connectivity index (χ4n) is 2.78. The molecule has 1 heterocycles. The number of rotatable bonds is 4. The summed E-state index contributed by atoms with van der Waals surface area (Å²) >= 11 is 0. The number of anilines is 2. The highest BCUT2D eigenvalue weighted by Crippen LogP contribution is 2.32. The van der Waals surface area contributed by atoms with Crippen LogP contribution in [-0.4, -0.2) is 24.7 Å². The summed E-state index contributed by atoms with van der Waals surface area (Å²) in [6, 6.07) is 3.48. The molecule has 3 rings (SSSR count). The Labute approximate surface area is 117 Å². The first-order valence-corrected chi connectivity index (χ1v) is 7.16. The van der Waals surface area contributed by atoms with Gasteiger partial charge < -0.3 is 15.4 Å². The van der Waals surface area contributed by atoms with E-state index in [1.165, 1.54) is 6.07 Å². The normalized spacial score (nSPS) is 24.6. The lowest BCUT2D eigenvalue weighted by atomic mass is 9.89. The van der Waals surface area contributed by atoms with Gasteiger partial charge in [-0.3, -0.25) is 4.79 Å². The molecule has 4 nitrogen and oxygen atoms in total. The monoisotopic (exact) mass is 278 g/mol. The zero-order valence-corrected chi connectivity index (χ0v) is 11.5. The van der Waals surface area contributed by atoms with Crippen LogP contribution >= 0.6 is 0 Å². The molecule has 1 saturated carbocycles. The van der Waals surface area contributed by atoms with Crippen molar-refractivity contribution < 1.29 is 13.9 Å². The van der Waals surface area contributed by atoms with Gasteiger partial charge in [-0.25, -0.2) is 4.39 Å². The molecule has 20 heavy (non-hydrogen) atoms. The van der Waals surface area contributed by atoms with E-state index in [1.807, 2.05) is 6.92 Å². The van der Waals surface area contributed by atoms with Crippen molar-refractivity contribution in [2.24, 2.45) is 0 Å². The summed E-state index contributed by atoms with van der Waals surface area (Å²) in [5.74, 6) is -0.255. The highest BCUT2D eigenvalue weighted by molar-refractivity contribution is 5.94. The van der Waals surface area contributed by atoms with E-state index in [0.717, 1.165) is 30.7 Å². The molecule has 0 saturated heterocycles. The standard InChI is InChI=1S/C15H19FN2O2/c1-2-20-11-6-10(7-11)17-14-8-13-9(5-12(14)16)3-4-15(19)18-13/h5,8,10-11,17H,2-4,6-7H2,1H3,(H,18,19). The Bertz CT molecular complexity index is 527. The summed E-state index contributed by atoms with van der Waals surface area (Å²) in [7, 11) is 0. The summed E-state index contributed by atoms with van der Waals surface area (Å²) in [4.78, 5) is 11.4. The maximum Gasteiger partial charge on any atom is 0.224 e. The van der Waals surface area contributed by atoms with E-state index in [0.29, 0.717) is 18.5 Å². The van der Waals surface area contributed by atoms with Crippen molar-refractivity contribution in [2.75, 3.05) is 17.2 Å². The predicted molar refractivity (Wildman–Crippen MR) is 75.4 cm³/mol. The molecule has 1 fully saturated rings. The third-order valence-electron chi connectivity index (χ3n) is 3.95. The minimum atomic E-state index is -0.250. The minimum absolute atomic E-state index is 0.00453. The lowest BCUT2D eigenvalue weighted by Crippen LogP contribution is -2.41. The largest absolute Gasteiger partial charge is 0.380 e. The van der Waals surface area contributed by atoms with Gasteiger partial charge in [0.15, 0.2) is 0 Å². The molecule has 1 aliphatic carbocycles. The highest BCUT2D eigenvalue weighted by Gasteiger charge is 2.30. The maximum atomic E-state index is 14.0. The summed E-state index contributed by atoms with van der Waals surface area (Å²) in [6.45, 7) is 2.70. The molecular formula is C15H19FN2O2. The van der Waals surface area contributed by atoms with Crippen LogP contribution < -0.4 is 10.6 Å².